The number of aryl methyl sites for hydroxylation is 1. The third kappa shape index (κ3) is 3.33. The highest BCUT2D eigenvalue weighted by Gasteiger charge is 2.43. The van der Waals surface area contributed by atoms with Crippen molar-refractivity contribution in [3.05, 3.63) is 59.5 Å². The fourth-order valence-electron chi connectivity index (χ4n) is 2.61. The Morgan fingerprint density at radius 3 is 2.63 bits per heavy atom. The monoisotopic (exact) mass is 392 g/mol. The first-order valence-electron chi connectivity index (χ1n) is 7.75. The molecule has 0 unspecified atom stereocenters. The first-order chi connectivity index (χ1) is 12.8. The maximum Gasteiger partial charge on any atom is 0.586 e. The van der Waals surface area contributed by atoms with Crippen molar-refractivity contribution in [3.8, 4) is 22.1 Å². The summed E-state index contributed by atoms with van der Waals surface area (Å²) in [5.41, 5.74) is 1.12. The number of benzene rings is 2. The van der Waals surface area contributed by atoms with Gasteiger partial charge in [-0.25, -0.2) is 9.37 Å². The topological polar surface area (TPSA) is 60.5 Å². The maximum absolute atomic E-state index is 13.7. The number of carbonyl (C=O) groups excluding carboxylic acids is 1. The number of nitrogens with one attached hydrogen (secondary N) is 1. The highest BCUT2D eigenvalue weighted by molar-refractivity contribution is 7.19. The second-order valence-electron chi connectivity index (χ2n) is 5.74. The quantitative estimate of drug-likeness (QED) is 0.694. The first-order valence-corrected chi connectivity index (χ1v) is 8.56. The highest BCUT2D eigenvalue weighted by atomic mass is 32.1. The Kier molecular flexibility index (Phi) is 4.03. The zero-order chi connectivity index (χ0) is 19.2. The second-order valence-corrected chi connectivity index (χ2v) is 6.78. The molecular formula is C18H11F3N2O3S. The van der Waals surface area contributed by atoms with Crippen molar-refractivity contribution in [1.82, 2.24) is 4.98 Å². The Hall–Kier alpha value is -3.07. The van der Waals surface area contributed by atoms with Crippen molar-refractivity contribution in [2.75, 3.05) is 5.32 Å². The molecule has 0 bridgehead atoms. The number of anilines is 1. The summed E-state index contributed by atoms with van der Waals surface area (Å²) < 4.78 is 49.0. The van der Waals surface area contributed by atoms with Gasteiger partial charge in [-0.05, 0) is 36.8 Å². The van der Waals surface area contributed by atoms with Crippen LogP contribution in [0.25, 0.3) is 10.6 Å². The van der Waals surface area contributed by atoms with Gasteiger partial charge in [-0.3, -0.25) is 4.79 Å². The van der Waals surface area contributed by atoms with Gasteiger partial charge in [-0.15, -0.1) is 8.78 Å². The fraction of sp³-hybridized carbons (Fsp3) is 0.111. The van der Waals surface area contributed by atoms with Crippen LogP contribution in [-0.4, -0.2) is 17.2 Å². The molecule has 0 saturated heterocycles. The molecule has 0 saturated carbocycles. The summed E-state index contributed by atoms with van der Waals surface area (Å²) >= 11 is 1.12. The van der Waals surface area contributed by atoms with E-state index in [0.717, 1.165) is 11.3 Å². The number of alkyl halides is 2. The van der Waals surface area contributed by atoms with Crippen LogP contribution in [-0.2, 0) is 0 Å². The largest absolute Gasteiger partial charge is 0.586 e. The van der Waals surface area contributed by atoms with Crippen molar-refractivity contribution >= 4 is 22.2 Å². The third-order valence-electron chi connectivity index (χ3n) is 3.84. The van der Waals surface area contributed by atoms with E-state index in [1.807, 2.05) is 0 Å². The number of rotatable bonds is 3. The summed E-state index contributed by atoms with van der Waals surface area (Å²) in [4.78, 5) is 16.4. The SMILES string of the molecule is Cc1cc2c(cc1-c1ncc(NC(=O)c3ccccc3F)s1)OC(F)(F)O2. The number of nitrogens with zero attached hydrogens (tertiary/aromatic N) is 1. The number of halogens is 3. The molecule has 1 aliphatic heterocycles. The van der Waals surface area contributed by atoms with Crippen molar-refractivity contribution in [3.63, 3.8) is 0 Å². The Bertz CT molecular complexity index is 1050. The van der Waals surface area contributed by atoms with E-state index in [9.17, 15) is 18.0 Å². The average molecular weight is 392 g/mol. The van der Waals surface area contributed by atoms with Gasteiger partial charge in [0.05, 0.1) is 11.8 Å². The summed E-state index contributed by atoms with van der Waals surface area (Å²) in [6.45, 7) is 1.72. The van der Waals surface area contributed by atoms with Gasteiger partial charge in [0.2, 0.25) is 0 Å². The number of aromatic nitrogens is 1. The summed E-state index contributed by atoms with van der Waals surface area (Å²) in [6.07, 6.45) is -2.29. The number of ether oxygens (including phenoxy) is 2. The molecule has 5 nitrogen and oxygen atoms in total. The maximum atomic E-state index is 13.7. The van der Waals surface area contributed by atoms with E-state index in [0.29, 0.717) is 21.1 Å². The van der Waals surface area contributed by atoms with E-state index in [4.69, 9.17) is 0 Å². The van der Waals surface area contributed by atoms with Gasteiger partial charge in [0.1, 0.15) is 15.8 Å². The summed E-state index contributed by atoms with van der Waals surface area (Å²) in [6, 6.07) is 8.45. The van der Waals surface area contributed by atoms with Gasteiger partial charge in [-0.2, -0.15) is 0 Å². The zero-order valence-electron chi connectivity index (χ0n) is 13.8. The fourth-order valence-corrected chi connectivity index (χ4v) is 3.50. The molecule has 138 valence electrons. The van der Waals surface area contributed by atoms with Crippen molar-refractivity contribution in [1.29, 1.82) is 0 Å². The molecule has 27 heavy (non-hydrogen) atoms. The van der Waals surface area contributed by atoms with E-state index in [2.05, 4.69) is 19.8 Å². The minimum Gasteiger partial charge on any atom is -0.395 e. The number of amides is 1. The minimum atomic E-state index is -3.70. The number of hydrogen-bond donors (Lipinski definition) is 1. The molecule has 0 aliphatic carbocycles. The molecule has 1 aliphatic rings. The summed E-state index contributed by atoms with van der Waals surface area (Å²) in [5, 5.41) is 3.45. The predicted molar refractivity (Wildman–Crippen MR) is 92.8 cm³/mol. The molecule has 9 heteroatoms. The standard InChI is InChI=1S/C18H11F3N2O3S/c1-9-6-13-14(26-18(20,21)25-13)7-11(9)17-22-8-15(27-17)23-16(24)10-4-2-3-5-12(10)19/h2-8H,1H3,(H,23,24). The molecule has 1 N–H and O–H groups in total. The van der Waals surface area contributed by atoms with Gasteiger partial charge < -0.3 is 14.8 Å². The van der Waals surface area contributed by atoms with Crippen molar-refractivity contribution in [2.24, 2.45) is 0 Å². The molecule has 0 atom stereocenters. The van der Waals surface area contributed by atoms with Gasteiger partial charge >= 0.3 is 6.29 Å². The van der Waals surface area contributed by atoms with Crippen LogP contribution in [0.5, 0.6) is 11.5 Å². The van der Waals surface area contributed by atoms with Crippen molar-refractivity contribution in [2.45, 2.75) is 13.2 Å². The molecule has 3 aromatic rings. The lowest BCUT2D eigenvalue weighted by Crippen LogP contribution is -2.25. The summed E-state index contributed by atoms with van der Waals surface area (Å²) in [7, 11) is 0. The molecule has 0 radical (unpaired) electrons. The van der Waals surface area contributed by atoms with Crippen LogP contribution >= 0.6 is 11.3 Å². The Morgan fingerprint density at radius 2 is 1.89 bits per heavy atom. The van der Waals surface area contributed by atoms with Crippen LogP contribution in [0.2, 0.25) is 0 Å². The molecule has 1 aromatic heterocycles. The molecular weight excluding hydrogens is 381 g/mol. The van der Waals surface area contributed by atoms with E-state index >= 15 is 0 Å². The summed E-state index contributed by atoms with van der Waals surface area (Å²) in [5.74, 6) is -1.38. The molecule has 2 aromatic carbocycles. The molecule has 0 fully saturated rings. The second kappa shape index (κ2) is 6.27. The van der Waals surface area contributed by atoms with E-state index in [1.165, 1.54) is 36.5 Å². The van der Waals surface area contributed by atoms with Crippen LogP contribution in [0.3, 0.4) is 0 Å². The number of carbonyl (C=O) groups is 1. The first kappa shape index (κ1) is 17.3. The van der Waals surface area contributed by atoms with Crippen molar-refractivity contribution < 1.29 is 27.4 Å². The normalized spacial score (nSPS) is 14.2. The lowest BCUT2D eigenvalue weighted by atomic mass is 10.1. The molecule has 1 amide bonds. The van der Waals surface area contributed by atoms with Crippen LogP contribution in [0.4, 0.5) is 18.2 Å². The van der Waals surface area contributed by atoms with Crippen LogP contribution in [0.1, 0.15) is 15.9 Å². The molecule has 0 spiro atoms. The van der Waals surface area contributed by atoms with E-state index in [1.54, 1.807) is 13.0 Å². The van der Waals surface area contributed by atoms with Gasteiger partial charge in [0.25, 0.3) is 5.91 Å². The number of thiazole rings is 1. The van der Waals surface area contributed by atoms with Gasteiger partial charge in [0, 0.05) is 5.56 Å². The van der Waals surface area contributed by atoms with E-state index in [-0.39, 0.29) is 17.1 Å². The molecule has 4 rings (SSSR count). The zero-order valence-corrected chi connectivity index (χ0v) is 14.6. The molecule has 2 heterocycles. The Morgan fingerprint density at radius 1 is 1.19 bits per heavy atom. The van der Waals surface area contributed by atoms with Gasteiger partial charge in [-0.1, -0.05) is 23.5 Å². The lowest BCUT2D eigenvalue weighted by Gasteiger charge is -2.04. The minimum absolute atomic E-state index is 0.0501. The Labute approximate surface area is 155 Å². The smallest absolute Gasteiger partial charge is 0.395 e. The highest BCUT2D eigenvalue weighted by Crippen LogP contribution is 2.45. The Balaban J connectivity index is 1.59. The number of hydrogen-bond acceptors (Lipinski definition) is 5. The van der Waals surface area contributed by atoms with Crippen LogP contribution in [0, 0.1) is 12.7 Å². The number of fused-ring (bicyclic) bond motifs is 1. The third-order valence-corrected chi connectivity index (χ3v) is 4.79. The average Bonchev–Trinajstić information content (AvgIpc) is 3.16. The lowest BCUT2D eigenvalue weighted by molar-refractivity contribution is -0.286. The van der Waals surface area contributed by atoms with Crippen LogP contribution in [0.15, 0.2) is 42.6 Å². The van der Waals surface area contributed by atoms with Crippen LogP contribution < -0.4 is 14.8 Å². The van der Waals surface area contributed by atoms with E-state index < -0.39 is 18.0 Å². The predicted octanol–water partition coefficient (Wildman–Crippen LogP) is 4.83. The van der Waals surface area contributed by atoms with Gasteiger partial charge in [0.15, 0.2) is 11.5 Å².